The molecule has 46 valence electrons. The highest BCUT2D eigenvalue weighted by Crippen LogP contribution is 2.18. The lowest BCUT2D eigenvalue weighted by Crippen LogP contribution is -2.08. The Morgan fingerprint density at radius 2 is 2.25 bits per heavy atom. The highest BCUT2D eigenvalue weighted by Gasteiger charge is 2.33. The summed E-state index contributed by atoms with van der Waals surface area (Å²) in [5.74, 6) is 0. The molecule has 1 aliphatic heterocycles. The lowest BCUT2D eigenvalue weighted by atomic mass is 10.7. The largest absolute Gasteiger partial charge is 0.512 e. The number of hydrogen-bond donors (Lipinski definition) is 1. The van der Waals surface area contributed by atoms with Gasteiger partial charge in [0.05, 0.1) is 0 Å². The van der Waals surface area contributed by atoms with E-state index in [1.54, 1.807) is 0 Å². The van der Waals surface area contributed by atoms with Crippen molar-refractivity contribution in [3.8, 4) is 0 Å². The molecule has 3 nitrogen and oxygen atoms in total. The van der Waals surface area contributed by atoms with Crippen molar-refractivity contribution < 1.29 is 18.7 Å². The van der Waals surface area contributed by atoms with Crippen LogP contribution in [0.3, 0.4) is 0 Å². The zero-order chi connectivity index (χ0) is 6.15. The first-order valence-corrected chi connectivity index (χ1v) is 2.41. The Morgan fingerprint density at radius 3 is 2.38 bits per heavy atom. The number of thiol groups is 1. The molecule has 0 amide bonds. The van der Waals surface area contributed by atoms with E-state index in [2.05, 4.69) is 22.1 Å². The van der Waals surface area contributed by atoms with Gasteiger partial charge in [-0.1, -0.05) is 0 Å². The number of ether oxygens (including phenoxy) is 2. The van der Waals surface area contributed by atoms with Crippen LogP contribution in [0.25, 0.3) is 0 Å². The molecule has 1 saturated heterocycles. The third-order valence-corrected chi connectivity index (χ3v) is 0.990. The van der Waals surface area contributed by atoms with Crippen LogP contribution in [0.1, 0.15) is 0 Å². The highest BCUT2D eigenvalue weighted by atomic mass is 32.1. The molecular formula is C3H3FO3S. The molecule has 0 radical (unpaired) electrons. The van der Waals surface area contributed by atoms with Gasteiger partial charge in [0.1, 0.15) is 0 Å². The molecule has 0 aliphatic carbocycles. The van der Waals surface area contributed by atoms with E-state index < -0.39 is 17.9 Å². The van der Waals surface area contributed by atoms with E-state index >= 15 is 0 Å². The van der Waals surface area contributed by atoms with Crippen LogP contribution in [0.2, 0.25) is 0 Å². The van der Waals surface area contributed by atoms with E-state index in [-0.39, 0.29) is 0 Å². The first-order chi connectivity index (χ1) is 3.70. The maximum atomic E-state index is 11.9. The van der Waals surface area contributed by atoms with Gasteiger partial charge < -0.3 is 9.47 Å². The van der Waals surface area contributed by atoms with Crippen molar-refractivity contribution in [2.75, 3.05) is 0 Å². The highest BCUT2D eigenvalue weighted by molar-refractivity contribution is 7.80. The van der Waals surface area contributed by atoms with Crippen molar-refractivity contribution in [2.24, 2.45) is 0 Å². The Bertz CT molecular complexity index is 105. The lowest BCUT2D eigenvalue weighted by Gasteiger charge is -1.95. The molecule has 5 heteroatoms. The zero-order valence-corrected chi connectivity index (χ0v) is 4.60. The number of halogens is 1. The molecule has 0 aromatic carbocycles. The summed E-state index contributed by atoms with van der Waals surface area (Å²) in [5, 5.41) is 0. The van der Waals surface area contributed by atoms with Crippen LogP contribution < -0.4 is 0 Å². The third kappa shape index (κ3) is 0.861. The molecule has 0 spiro atoms. The second kappa shape index (κ2) is 1.81. The van der Waals surface area contributed by atoms with Crippen LogP contribution in [-0.2, 0) is 9.47 Å². The molecule has 1 rings (SSSR count). The van der Waals surface area contributed by atoms with E-state index in [0.717, 1.165) is 0 Å². The summed E-state index contributed by atoms with van der Waals surface area (Å²) < 4.78 is 19.9. The van der Waals surface area contributed by atoms with E-state index in [9.17, 15) is 9.18 Å². The van der Waals surface area contributed by atoms with Gasteiger partial charge in [-0.05, 0) is 0 Å². The van der Waals surface area contributed by atoms with Gasteiger partial charge in [-0.25, -0.2) is 4.79 Å². The van der Waals surface area contributed by atoms with Gasteiger partial charge in [0.15, 0.2) is 0 Å². The Morgan fingerprint density at radius 1 is 1.62 bits per heavy atom. The quantitative estimate of drug-likeness (QED) is 0.395. The predicted octanol–water partition coefficient (Wildman–Crippen LogP) is 0.705. The van der Waals surface area contributed by atoms with Crippen LogP contribution in [0.4, 0.5) is 9.18 Å². The summed E-state index contributed by atoms with van der Waals surface area (Å²) >= 11 is 3.50. The Labute approximate surface area is 50.2 Å². The smallest absolute Gasteiger partial charge is 0.413 e. The van der Waals surface area contributed by atoms with Crippen LogP contribution in [0, 0.1) is 0 Å². The van der Waals surface area contributed by atoms with Crippen molar-refractivity contribution >= 4 is 18.8 Å². The normalized spacial score (nSPS) is 36.5. The van der Waals surface area contributed by atoms with Gasteiger partial charge in [-0.15, -0.1) is 12.6 Å². The number of cyclic esters (lactones) is 2. The van der Waals surface area contributed by atoms with Gasteiger partial charge in [0, 0.05) is 0 Å². The average molecular weight is 138 g/mol. The van der Waals surface area contributed by atoms with Crippen LogP contribution >= 0.6 is 12.6 Å². The minimum Gasteiger partial charge on any atom is -0.413 e. The van der Waals surface area contributed by atoms with Crippen molar-refractivity contribution in [3.05, 3.63) is 0 Å². The Balaban J connectivity index is 2.51. The fourth-order valence-corrected chi connectivity index (χ4v) is 0.477. The minimum atomic E-state index is -1.72. The van der Waals surface area contributed by atoms with Gasteiger partial charge in [-0.2, -0.15) is 4.39 Å². The van der Waals surface area contributed by atoms with Crippen molar-refractivity contribution in [2.45, 2.75) is 11.8 Å². The van der Waals surface area contributed by atoms with Gasteiger partial charge >= 0.3 is 6.16 Å². The molecule has 0 saturated carbocycles. The van der Waals surface area contributed by atoms with Gasteiger partial charge in [0.2, 0.25) is 5.44 Å². The minimum absolute atomic E-state index is 1.00. The third-order valence-electron chi connectivity index (χ3n) is 0.650. The van der Waals surface area contributed by atoms with Gasteiger partial charge in [0.25, 0.3) is 6.36 Å². The number of rotatable bonds is 0. The second-order valence-electron chi connectivity index (χ2n) is 1.23. The molecule has 0 aromatic rings. The van der Waals surface area contributed by atoms with Crippen molar-refractivity contribution in [1.29, 1.82) is 0 Å². The number of alkyl halides is 1. The molecule has 2 atom stereocenters. The lowest BCUT2D eigenvalue weighted by molar-refractivity contribution is 0.0527. The fourth-order valence-electron chi connectivity index (χ4n) is 0.330. The summed E-state index contributed by atoms with van der Waals surface area (Å²) in [4.78, 5) is 9.93. The fraction of sp³-hybridized carbons (Fsp3) is 0.667. The molecule has 0 N–H and O–H groups in total. The van der Waals surface area contributed by atoms with Crippen LogP contribution in [-0.4, -0.2) is 17.9 Å². The SMILES string of the molecule is O=C1OC(F)C(S)O1. The number of carbonyl (C=O) groups is 1. The average Bonchev–Trinajstić information content (AvgIpc) is 1.85. The standard InChI is InChI=1S/C3H3FO3S/c4-1-2(8)7-3(5)6-1/h1-2,8H. The maximum Gasteiger partial charge on any atom is 0.512 e. The van der Waals surface area contributed by atoms with Crippen molar-refractivity contribution in [3.63, 3.8) is 0 Å². The second-order valence-corrected chi connectivity index (χ2v) is 1.74. The van der Waals surface area contributed by atoms with E-state index in [1.165, 1.54) is 0 Å². The molecule has 8 heavy (non-hydrogen) atoms. The molecule has 1 aliphatic rings. The number of carbonyl (C=O) groups excluding carboxylic acids is 1. The topological polar surface area (TPSA) is 35.5 Å². The summed E-state index contributed by atoms with van der Waals surface area (Å²) in [7, 11) is 0. The molecule has 0 aromatic heterocycles. The summed E-state index contributed by atoms with van der Waals surface area (Å²) in [6, 6.07) is 0. The Kier molecular flexibility index (Phi) is 1.29. The molecule has 2 unspecified atom stereocenters. The van der Waals surface area contributed by atoms with Crippen LogP contribution in [0.15, 0.2) is 0 Å². The summed E-state index contributed by atoms with van der Waals surface area (Å²) in [6.07, 6.45) is -2.72. The summed E-state index contributed by atoms with van der Waals surface area (Å²) in [6.45, 7) is 0. The molecule has 1 heterocycles. The molecule has 0 bridgehead atoms. The first kappa shape index (κ1) is 5.68. The number of hydrogen-bond acceptors (Lipinski definition) is 4. The van der Waals surface area contributed by atoms with E-state index in [1.807, 2.05) is 0 Å². The molecule has 1 fully saturated rings. The Hall–Kier alpha value is -0.450. The summed E-state index contributed by atoms with van der Waals surface area (Å²) in [5.41, 5.74) is -1.05. The van der Waals surface area contributed by atoms with Crippen molar-refractivity contribution in [1.82, 2.24) is 0 Å². The van der Waals surface area contributed by atoms with Crippen LogP contribution in [0.5, 0.6) is 0 Å². The monoisotopic (exact) mass is 138 g/mol. The predicted molar refractivity (Wildman–Crippen MR) is 25.2 cm³/mol. The van der Waals surface area contributed by atoms with E-state index in [0.29, 0.717) is 0 Å². The zero-order valence-electron chi connectivity index (χ0n) is 3.70. The maximum absolute atomic E-state index is 11.9. The first-order valence-electron chi connectivity index (χ1n) is 1.89. The van der Waals surface area contributed by atoms with Gasteiger partial charge in [-0.3, -0.25) is 0 Å². The van der Waals surface area contributed by atoms with E-state index in [4.69, 9.17) is 0 Å². The molecular weight excluding hydrogens is 135 g/mol.